The Morgan fingerprint density at radius 3 is 2.34 bits per heavy atom. The predicted molar refractivity (Wildman–Crippen MR) is 133 cm³/mol. The first-order valence-corrected chi connectivity index (χ1v) is 10.8. The zero-order valence-corrected chi connectivity index (χ0v) is 19.4. The number of halogens is 1. The molecule has 0 saturated carbocycles. The number of carbonyl (C=O) groups excluding carboxylic acids is 2. The van der Waals surface area contributed by atoms with E-state index in [-0.39, 0.29) is 18.1 Å². The second kappa shape index (κ2) is 11.1. The van der Waals surface area contributed by atoms with Crippen LogP contribution in [0.4, 0.5) is 11.4 Å². The molecule has 0 aliphatic rings. The molecule has 0 heterocycles. The minimum absolute atomic E-state index is 0.0175. The lowest BCUT2D eigenvalue weighted by Crippen LogP contribution is -2.20. The largest absolute Gasteiger partial charge is 0.484 e. The first kappa shape index (κ1) is 23.0. The summed E-state index contributed by atoms with van der Waals surface area (Å²) in [6.07, 6.45) is 1.50. The first-order chi connectivity index (χ1) is 15.4. The molecule has 3 rings (SSSR count). The van der Waals surface area contributed by atoms with Gasteiger partial charge in [-0.25, -0.2) is 0 Å². The molecule has 0 radical (unpaired) electrons. The molecule has 0 unspecified atom stereocenters. The van der Waals surface area contributed by atoms with Crippen molar-refractivity contribution in [1.82, 2.24) is 0 Å². The van der Waals surface area contributed by atoms with Crippen LogP contribution in [0.5, 0.6) is 5.75 Å². The van der Waals surface area contributed by atoms with E-state index in [2.05, 4.69) is 33.2 Å². The molecular formula is C25H20IN3O3. The Bertz CT molecular complexity index is 1180. The van der Waals surface area contributed by atoms with Gasteiger partial charge in [0.15, 0.2) is 6.61 Å². The van der Waals surface area contributed by atoms with E-state index in [1.165, 1.54) is 6.08 Å². The van der Waals surface area contributed by atoms with E-state index in [0.29, 0.717) is 17.0 Å². The van der Waals surface area contributed by atoms with Gasteiger partial charge in [0.05, 0.1) is 5.69 Å². The number of nitrogens with one attached hydrogen (secondary N) is 2. The van der Waals surface area contributed by atoms with Crippen molar-refractivity contribution < 1.29 is 14.3 Å². The van der Waals surface area contributed by atoms with Crippen molar-refractivity contribution in [3.63, 3.8) is 0 Å². The van der Waals surface area contributed by atoms with Crippen LogP contribution in [-0.2, 0) is 9.59 Å². The van der Waals surface area contributed by atoms with Crippen LogP contribution in [0, 0.1) is 21.8 Å². The van der Waals surface area contributed by atoms with Crippen molar-refractivity contribution in [2.75, 3.05) is 17.2 Å². The van der Waals surface area contributed by atoms with Gasteiger partial charge in [0, 0.05) is 9.26 Å². The van der Waals surface area contributed by atoms with E-state index < -0.39 is 5.91 Å². The maximum Gasteiger partial charge on any atom is 0.266 e. The van der Waals surface area contributed by atoms with E-state index >= 15 is 0 Å². The molecule has 3 aromatic rings. The van der Waals surface area contributed by atoms with Gasteiger partial charge < -0.3 is 15.4 Å². The lowest BCUT2D eigenvalue weighted by atomic mass is 10.1. The number of aryl methyl sites for hydroxylation is 1. The Morgan fingerprint density at radius 1 is 1.00 bits per heavy atom. The van der Waals surface area contributed by atoms with Crippen LogP contribution in [0.3, 0.4) is 0 Å². The third-order valence-corrected chi connectivity index (χ3v) is 5.32. The quantitative estimate of drug-likeness (QED) is 0.248. The van der Waals surface area contributed by atoms with Gasteiger partial charge in [0.1, 0.15) is 17.4 Å². The molecule has 0 bridgehead atoms. The summed E-state index contributed by atoms with van der Waals surface area (Å²) < 4.78 is 6.46. The summed E-state index contributed by atoms with van der Waals surface area (Å²) in [5.74, 6) is -0.246. The van der Waals surface area contributed by atoms with Gasteiger partial charge in [-0.15, -0.1) is 0 Å². The van der Waals surface area contributed by atoms with Crippen LogP contribution in [0.1, 0.15) is 11.1 Å². The number of anilines is 2. The molecule has 2 amide bonds. The van der Waals surface area contributed by atoms with Crippen molar-refractivity contribution >= 4 is 51.9 Å². The molecular weight excluding hydrogens is 517 g/mol. The fraction of sp³-hybridized carbons (Fsp3) is 0.0800. The molecule has 0 spiro atoms. The average Bonchev–Trinajstić information content (AvgIpc) is 2.80. The fourth-order valence-electron chi connectivity index (χ4n) is 2.71. The first-order valence-electron chi connectivity index (χ1n) is 9.71. The summed E-state index contributed by atoms with van der Waals surface area (Å²) in [5, 5.41) is 14.9. The molecule has 0 fully saturated rings. The molecule has 160 valence electrons. The monoisotopic (exact) mass is 537 g/mol. The summed E-state index contributed by atoms with van der Waals surface area (Å²) in [6.45, 7) is 1.82. The summed E-state index contributed by atoms with van der Waals surface area (Å²) in [4.78, 5) is 24.5. The number of ether oxygens (including phenoxy) is 1. The Morgan fingerprint density at radius 2 is 1.69 bits per heavy atom. The van der Waals surface area contributed by atoms with E-state index in [9.17, 15) is 14.9 Å². The van der Waals surface area contributed by atoms with Gasteiger partial charge in [0.25, 0.3) is 11.8 Å². The molecule has 0 aromatic heterocycles. The van der Waals surface area contributed by atoms with Crippen LogP contribution in [-0.4, -0.2) is 18.4 Å². The smallest absolute Gasteiger partial charge is 0.266 e. The number of nitrogens with zero attached hydrogens (tertiary/aromatic N) is 1. The number of amides is 2. The zero-order valence-electron chi connectivity index (χ0n) is 17.3. The molecule has 6 nitrogen and oxygen atoms in total. The lowest BCUT2D eigenvalue weighted by molar-refractivity contribution is -0.118. The van der Waals surface area contributed by atoms with Crippen molar-refractivity contribution in [2.45, 2.75) is 6.92 Å². The van der Waals surface area contributed by atoms with E-state index in [0.717, 1.165) is 14.8 Å². The zero-order chi connectivity index (χ0) is 22.9. The third-order valence-electron chi connectivity index (χ3n) is 4.38. The standard InChI is InChI=1S/C25H20IN3O3/c1-17-6-10-20(11-7-17)28-25(31)19(15-27)14-18-8-12-21(13-9-18)32-16-24(30)29-23-5-3-2-4-22(23)26/h2-14H,16H2,1H3,(H,28,31)(H,29,30)/b19-14-. The highest BCUT2D eigenvalue weighted by Crippen LogP contribution is 2.18. The van der Waals surface area contributed by atoms with Crippen molar-refractivity contribution in [3.05, 3.63) is 93.1 Å². The summed E-state index contributed by atoms with van der Waals surface area (Å²) in [6, 6.07) is 23.5. The van der Waals surface area contributed by atoms with Crippen molar-refractivity contribution in [3.8, 4) is 11.8 Å². The van der Waals surface area contributed by atoms with Gasteiger partial charge in [0.2, 0.25) is 0 Å². The van der Waals surface area contributed by atoms with Gasteiger partial charge in [-0.1, -0.05) is 42.0 Å². The highest BCUT2D eigenvalue weighted by molar-refractivity contribution is 14.1. The molecule has 32 heavy (non-hydrogen) atoms. The molecule has 7 heteroatoms. The van der Waals surface area contributed by atoms with Crippen LogP contribution in [0.25, 0.3) is 6.08 Å². The summed E-state index contributed by atoms with van der Waals surface area (Å²) >= 11 is 2.15. The highest BCUT2D eigenvalue weighted by atomic mass is 127. The second-order valence-corrected chi connectivity index (χ2v) is 8.04. The molecule has 0 atom stereocenters. The van der Waals surface area contributed by atoms with Crippen molar-refractivity contribution in [2.24, 2.45) is 0 Å². The van der Waals surface area contributed by atoms with Gasteiger partial charge in [-0.05, 0) is 77.6 Å². The van der Waals surface area contributed by atoms with Crippen LogP contribution >= 0.6 is 22.6 Å². The topological polar surface area (TPSA) is 91.2 Å². The third kappa shape index (κ3) is 6.68. The number of para-hydroxylation sites is 1. The van der Waals surface area contributed by atoms with E-state index in [1.54, 1.807) is 36.4 Å². The van der Waals surface area contributed by atoms with E-state index in [1.807, 2.05) is 49.4 Å². The number of carbonyl (C=O) groups is 2. The Hall–Kier alpha value is -3.64. The normalized spacial score (nSPS) is 10.7. The minimum atomic E-state index is -0.483. The fourth-order valence-corrected chi connectivity index (χ4v) is 3.23. The molecule has 0 saturated heterocycles. The lowest BCUT2D eigenvalue weighted by Gasteiger charge is -2.09. The Labute approximate surface area is 200 Å². The van der Waals surface area contributed by atoms with Crippen molar-refractivity contribution in [1.29, 1.82) is 5.26 Å². The molecule has 3 aromatic carbocycles. The molecule has 0 aliphatic carbocycles. The maximum absolute atomic E-state index is 12.4. The SMILES string of the molecule is Cc1ccc(NC(=O)/C(C#N)=C\c2ccc(OCC(=O)Nc3ccccc3I)cc2)cc1. The number of hydrogen-bond acceptors (Lipinski definition) is 4. The second-order valence-electron chi connectivity index (χ2n) is 6.88. The van der Waals surface area contributed by atoms with E-state index in [4.69, 9.17) is 4.74 Å². The number of nitriles is 1. The van der Waals surface area contributed by atoms with Crippen LogP contribution in [0.15, 0.2) is 78.4 Å². The maximum atomic E-state index is 12.4. The molecule has 0 aliphatic heterocycles. The Kier molecular flexibility index (Phi) is 8.00. The average molecular weight is 537 g/mol. The Balaban J connectivity index is 1.57. The summed E-state index contributed by atoms with van der Waals surface area (Å²) in [7, 11) is 0. The predicted octanol–water partition coefficient (Wildman–Crippen LogP) is 5.16. The van der Waals surface area contributed by atoms with Gasteiger partial charge >= 0.3 is 0 Å². The van der Waals surface area contributed by atoms with Gasteiger partial charge in [-0.3, -0.25) is 9.59 Å². The minimum Gasteiger partial charge on any atom is -0.484 e. The number of benzene rings is 3. The number of hydrogen-bond donors (Lipinski definition) is 2. The number of rotatable bonds is 7. The van der Waals surface area contributed by atoms with Crippen LogP contribution in [0.2, 0.25) is 0 Å². The van der Waals surface area contributed by atoms with Crippen LogP contribution < -0.4 is 15.4 Å². The highest BCUT2D eigenvalue weighted by Gasteiger charge is 2.10. The molecule has 2 N–H and O–H groups in total. The summed E-state index contributed by atoms with van der Waals surface area (Å²) in [5.41, 5.74) is 3.07. The van der Waals surface area contributed by atoms with Gasteiger partial charge in [-0.2, -0.15) is 5.26 Å².